The average molecular weight is 343 g/mol. The van der Waals surface area contributed by atoms with E-state index < -0.39 is 0 Å². The summed E-state index contributed by atoms with van der Waals surface area (Å²) < 4.78 is 11.3. The van der Waals surface area contributed by atoms with Crippen LogP contribution in [0, 0.1) is 6.92 Å². The summed E-state index contributed by atoms with van der Waals surface area (Å²) in [7, 11) is 0. The van der Waals surface area contributed by atoms with Crippen molar-refractivity contribution in [2.75, 3.05) is 0 Å². The fourth-order valence-electron chi connectivity index (χ4n) is 2.78. The molecule has 1 heterocycles. The van der Waals surface area contributed by atoms with Crippen molar-refractivity contribution in [3.05, 3.63) is 74.6 Å². The van der Waals surface area contributed by atoms with E-state index in [-0.39, 0.29) is 5.63 Å². The zero-order valence-electron chi connectivity index (χ0n) is 13.8. The first-order valence-corrected chi connectivity index (χ1v) is 8.40. The van der Waals surface area contributed by atoms with Crippen molar-refractivity contribution in [2.24, 2.45) is 0 Å². The quantitative estimate of drug-likeness (QED) is 0.592. The highest BCUT2D eigenvalue weighted by molar-refractivity contribution is 6.30. The lowest BCUT2D eigenvalue weighted by molar-refractivity contribution is 0.304. The van der Waals surface area contributed by atoms with Crippen LogP contribution in [-0.2, 0) is 13.0 Å². The van der Waals surface area contributed by atoms with Crippen molar-refractivity contribution in [3.8, 4) is 5.75 Å². The Morgan fingerprint density at radius 3 is 2.58 bits per heavy atom. The maximum Gasteiger partial charge on any atom is 0.336 e. The smallest absolute Gasteiger partial charge is 0.336 e. The molecule has 0 spiro atoms. The van der Waals surface area contributed by atoms with Crippen LogP contribution in [-0.4, -0.2) is 0 Å². The van der Waals surface area contributed by atoms with Gasteiger partial charge in [-0.2, -0.15) is 0 Å². The van der Waals surface area contributed by atoms with E-state index in [0.717, 1.165) is 34.9 Å². The van der Waals surface area contributed by atoms with Crippen molar-refractivity contribution >= 4 is 22.6 Å². The molecule has 0 unspecified atom stereocenters. The number of benzene rings is 2. The Kier molecular flexibility index (Phi) is 4.91. The zero-order valence-corrected chi connectivity index (χ0v) is 14.5. The highest BCUT2D eigenvalue weighted by Crippen LogP contribution is 2.29. The topological polar surface area (TPSA) is 39.4 Å². The van der Waals surface area contributed by atoms with Gasteiger partial charge in [-0.3, -0.25) is 0 Å². The molecule has 2 aromatic carbocycles. The van der Waals surface area contributed by atoms with Crippen LogP contribution in [0.1, 0.15) is 30.0 Å². The molecule has 24 heavy (non-hydrogen) atoms. The van der Waals surface area contributed by atoms with Crippen LogP contribution in [0.3, 0.4) is 0 Å². The molecular formula is C20H19ClO3. The summed E-state index contributed by atoms with van der Waals surface area (Å²) in [6.07, 6.45) is 1.83. The van der Waals surface area contributed by atoms with Gasteiger partial charge in [0.05, 0.1) is 0 Å². The lowest BCUT2D eigenvalue weighted by atomic mass is 10.0. The molecule has 3 aromatic rings. The van der Waals surface area contributed by atoms with E-state index in [1.807, 2.05) is 43.3 Å². The molecule has 3 rings (SSSR count). The predicted octanol–water partition coefficient (Wildman–Crippen LogP) is 5.29. The average Bonchev–Trinajstić information content (AvgIpc) is 2.56. The van der Waals surface area contributed by atoms with E-state index in [0.29, 0.717) is 23.0 Å². The minimum absolute atomic E-state index is 0.316. The van der Waals surface area contributed by atoms with E-state index in [2.05, 4.69) is 6.92 Å². The number of ether oxygens (including phenoxy) is 1. The summed E-state index contributed by atoms with van der Waals surface area (Å²) in [5, 5.41) is 1.68. The molecule has 124 valence electrons. The van der Waals surface area contributed by atoms with Gasteiger partial charge in [0.25, 0.3) is 0 Å². The summed E-state index contributed by atoms with van der Waals surface area (Å²) in [5.41, 5.74) is 3.19. The lowest BCUT2D eigenvalue weighted by Crippen LogP contribution is -2.03. The van der Waals surface area contributed by atoms with Crippen LogP contribution >= 0.6 is 11.6 Å². The molecule has 1 aromatic heterocycles. The first-order chi connectivity index (χ1) is 11.6. The molecule has 0 aliphatic rings. The molecule has 0 aliphatic heterocycles. The second-order valence-electron chi connectivity index (χ2n) is 5.82. The Hall–Kier alpha value is -2.26. The first-order valence-electron chi connectivity index (χ1n) is 8.02. The number of aryl methyl sites for hydroxylation is 2. The van der Waals surface area contributed by atoms with Gasteiger partial charge in [-0.25, -0.2) is 4.79 Å². The van der Waals surface area contributed by atoms with Crippen LogP contribution in [0.15, 0.2) is 51.7 Å². The van der Waals surface area contributed by atoms with E-state index in [4.69, 9.17) is 20.8 Å². The van der Waals surface area contributed by atoms with Crippen LogP contribution in [0.2, 0.25) is 5.02 Å². The summed E-state index contributed by atoms with van der Waals surface area (Å²) in [4.78, 5) is 11.8. The maximum atomic E-state index is 11.8. The molecule has 0 aliphatic carbocycles. The summed E-state index contributed by atoms with van der Waals surface area (Å²) in [5.74, 6) is 0.717. The van der Waals surface area contributed by atoms with Gasteiger partial charge in [0.1, 0.15) is 17.9 Å². The molecule has 0 amide bonds. The molecule has 4 heteroatoms. The third-order valence-corrected chi connectivity index (χ3v) is 4.28. The van der Waals surface area contributed by atoms with Gasteiger partial charge in [-0.15, -0.1) is 0 Å². The molecule has 0 bridgehead atoms. The molecule has 0 N–H and O–H groups in total. The number of hydrogen-bond acceptors (Lipinski definition) is 3. The molecule has 0 atom stereocenters. The normalized spacial score (nSPS) is 11.0. The van der Waals surface area contributed by atoms with Gasteiger partial charge >= 0.3 is 5.63 Å². The highest BCUT2D eigenvalue weighted by Gasteiger charge is 2.11. The number of hydrogen-bond donors (Lipinski definition) is 0. The summed E-state index contributed by atoms with van der Waals surface area (Å²) in [6, 6.07) is 13.0. The van der Waals surface area contributed by atoms with Gasteiger partial charge in [0.15, 0.2) is 0 Å². The Bertz CT molecular complexity index is 911. The van der Waals surface area contributed by atoms with Gasteiger partial charge in [-0.1, -0.05) is 37.1 Å². The Balaban J connectivity index is 1.93. The summed E-state index contributed by atoms with van der Waals surface area (Å²) >= 11 is 5.89. The van der Waals surface area contributed by atoms with E-state index >= 15 is 0 Å². The van der Waals surface area contributed by atoms with E-state index in [1.54, 1.807) is 6.07 Å². The van der Waals surface area contributed by atoms with E-state index in [1.165, 1.54) is 0 Å². The predicted molar refractivity (Wildman–Crippen MR) is 97.0 cm³/mol. The molecular weight excluding hydrogens is 324 g/mol. The van der Waals surface area contributed by atoms with Gasteiger partial charge in [0.2, 0.25) is 0 Å². The van der Waals surface area contributed by atoms with Crippen LogP contribution in [0.4, 0.5) is 0 Å². The molecule has 0 saturated carbocycles. The molecule has 0 radical (unpaired) electrons. The number of halogens is 1. The third-order valence-electron chi connectivity index (χ3n) is 4.02. The Morgan fingerprint density at radius 2 is 1.88 bits per heavy atom. The van der Waals surface area contributed by atoms with Gasteiger partial charge in [-0.05, 0) is 48.7 Å². The molecule has 0 saturated heterocycles. The van der Waals surface area contributed by atoms with Crippen molar-refractivity contribution in [1.29, 1.82) is 0 Å². The zero-order chi connectivity index (χ0) is 17.1. The monoisotopic (exact) mass is 342 g/mol. The SMILES string of the molecule is CCCc1cc(=O)oc2c(C)c(OCc3ccc(Cl)cc3)ccc12. The van der Waals surface area contributed by atoms with Crippen molar-refractivity contribution < 1.29 is 9.15 Å². The minimum Gasteiger partial charge on any atom is -0.488 e. The van der Waals surface area contributed by atoms with Crippen LogP contribution in [0.5, 0.6) is 5.75 Å². The van der Waals surface area contributed by atoms with Crippen LogP contribution in [0.25, 0.3) is 11.0 Å². The second-order valence-corrected chi connectivity index (χ2v) is 6.26. The lowest BCUT2D eigenvalue weighted by Gasteiger charge is -2.12. The van der Waals surface area contributed by atoms with Crippen molar-refractivity contribution in [3.63, 3.8) is 0 Å². The van der Waals surface area contributed by atoms with E-state index in [9.17, 15) is 4.79 Å². The number of rotatable bonds is 5. The largest absolute Gasteiger partial charge is 0.488 e. The molecule has 0 fully saturated rings. The van der Waals surface area contributed by atoms with Gasteiger partial charge in [0, 0.05) is 22.0 Å². The summed E-state index contributed by atoms with van der Waals surface area (Å²) in [6.45, 7) is 4.44. The fourth-order valence-corrected chi connectivity index (χ4v) is 2.91. The number of fused-ring (bicyclic) bond motifs is 1. The van der Waals surface area contributed by atoms with Gasteiger partial charge < -0.3 is 9.15 Å². The fraction of sp³-hybridized carbons (Fsp3) is 0.250. The van der Waals surface area contributed by atoms with Crippen LogP contribution < -0.4 is 10.4 Å². The standard InChI is InChI=1S/C20H19ClO3/c1-3-4-15-11-19(22)24-20-13(2)18(10-9-17(15)20)23-12-14-5-7-16(21)8-6-14/h5-11H,3-4,12H2,1-2H3. The van der Waals surface area contributed by atoms with Crippen molar-refractivity contribution in [1.82, 2.24) is 0 Å². The second kappa shape index (κ2) is 7.10. The molecule has 3 nitrogen and oxygen atoms in total. The third kappa shape index (κ3) is 3.46. The highest BCUT2D eigenvalue weighted by atomic mass is 35.5. The Morgan fingerprint density at radius 1 is 1.12 bits per heavy atom. The maximum absolute atomic E-state index is 11.8. The van der Waals surface area contributed by atoms with Crippen molar-refractivity contribution in [2.45, 2.75) is 33.3 Å². The first kappa shape index (κ1) is 16.6. The Labute approximate surface area is 145 Å². The minimum atomic E-state index is -0.316.